The lowest BCUT2D eigenvalue weighted by atomic mass is 9.71. The molecule has 0 aromatic heterocycles. The molecule has 13 heavy (non-hydrogen) atoms. The first kappa shape index (κ1) is 9.84. The number of benzene rings is 1. The maximum atomic E-state index is 10.4. The van der Waals surface area contributed by atoms with Crippen molar-refractivity contribution in [3.05, 3.63) is 23.8 Å². The minimum atomic E-state index is 0.490. The first-order valence-electron chi connectivity index (χ1n) is 4.55. The zero-order valence-corrected chi connectivity index (χ0v) is 8.13. The van der Waals surface area contributed by atoms with E-state index in [2.05, 4.69) is 18.2 Å². The Labute approximate surface area is 79.6 Å². The summed E-state index contributed by atoms with van der Waals surface area (Å²) in [7, 11) is 2.88. The molecule has 1 aromatic rings. The molecule has 0 aliphatic carbocycles. The van der Waals surface area contributed by atoms with E-state index in [9.17, 15) is 4.79 Å². The smallest absolute Gasteiger partial charge is 0.157 e. The predicted molar refractivity (Wildman–Crippen MR) is 58.4 cm³/mol. The van der Waals surface area contributed by atoms with Gasteiger partial charge < -0.3 is 10.1 Å². The first-order valence-corrected chi connectivity index (χ1v) is 4.55. The second kappa shape index (κ2) is 4.70. The van der Waals surface area contributed by atoms with Gasteiger partial charge in [-0.2, -0.15) is 0 Å². The van der Waals surface area contributed by atoms with E-state index in [0.29, 0.717) is 6.42 Å². The van der Waals surface area contributed by atoms with Gasteiger partial charge in [-0.15, -0.1) is 0 Å². The van der Waals surface area contributed by atoms with Crippen LogP contribution in [0.4, 0.5) is 5.69 Å². The fraction of sp³-hybridized carbons (Fsp3) is 0.300. The molecule has 0 amide bonds. The maximum absolute atomic E-state index is 10.4. The summed E-state index contributed by atoms with van der Waals surface area (Å²) in [5.41, 5.74) is 3.45. The van der Waals surface area contributed by atoms with Gasteiger partial charge in [0.15, 0.2) is 7.28 Å². The van der Waals surface area contributed by atoms with Gasteiger partial charge in [-0.05, 0) is 5.56 Å². The molecular formula is C10H14BNO. The highest BCUT2D eigenvalue weighted by molar-refractivity contribution is 6.54. The second-order valence-electron chi connectivity index (χ2n) is 2.93. The number of anilines is 1. The molecule has 0 bridgehead atoms. The van der Waals surface area contributed by atoms with Crippen molar-refractivity contribution in [2.24, 2.45) is 0 Å². The number of hydrogen-bond acceptors (Lipinski definition) is 2. The average molecular weight is 175 g/mol. The van der Waals surface area contributed by atoms with Crippen LogP contribution in [-0.2, 0) is 11.2 Å². The third-order valence-electron chi connectivity index (χ3n) is 2.17. The third kappa shape index (κ3) is 2.11. The molecule has 0 fully saturated rings. The molecular weight excluding hydrogens is 161 g/mol. The molecule has 0 aliphatic heterocycles. The van der Waals surface area contributed by atoms with Crippen LogP contribution in [-0.4, -0.2) is 20.6 Å². The Morgan fingerprint density at radius 2 is 2.31 bits per heavy atom. The van der Waals surface area contributed by atoms with Crippen molar-refractivity contribution < 1.29 is 4.79 Å². The zero-order valence-electron chi connectivity index (χ0n) is 8.13. The Balaban J connectivity index is 3.10. The fourth-order valence-corrected chi connectivity index (χ4v) is 1.53. The van der Waals surface area contributed by atoms with Crippen molar-refractivity contribution in [1.29, 1.82) is 0 Å². The van der Waals surface area contributed by atoms with Crippen molar-refractivity contribution in [2.45, 2.75) is 13.2 Å². The van der Waals surface area contributed by atoms with Crippen molar-refractivity contribution in [3.8, 4) is 0 Å². The summed E-state index contributed by atoms with van der Waals surface area (Å²) in [5.74, 6) is 0. The van der Waals surface area contributed by atoms with Gasteiger partial charge in [0, 0.05) is 19.2 Å². The van der Waals surface area contributed by atoms with Crippen molar-refractivity contribution in [3.63, 3.8) is 0 Å². The van der Waals surface area contributed by atoms with Crippen LogP contribution >= 0.6 is 0 Å². The first-order chi connectivity index (χ1) is 6.33. The van der Waals surface area contributed by atoms with Crippen LogP contribution in [0.5, 0.6) is 0 Å². The molecule has 0 unspecified atom stereocenters. The van der Waals surface area contributed by atoms with E-state index < -0.39 is 0 Å². The van der Waals surface area contributed by atoms with E-state index in [1.807, 2.05) is 19.2 Å². The van der Waals surface area contributed by atoms with E-state index in [0.717, 1.165) is 24.8 Å². The largest absolute Gasteiger partial charge is 0.388 e. The average Bonchev–Trinajstić information content (AvgIpc) is 2.18. The molecule has 0 spiro atoms. The molecule has 0 saturated carbocycles. The van der Waals surface area contributed by atoms with Gasteiger partial charge in [0.25, 0.3) is 0 Å². The summed E-state index contributed by atoms with van der Waals surface area (Å²) >= 11 is 0. The van der Waals surface area contributed by atoms with Crippen LogP contribution in [0.2, 0.25) is 6.82 Å². The van der Waals surface area contributed by atoms with Gasteiger partial charge in [-0.25, -0.2) is 0 Å². The monoisotopic (exact) mass is 175 g/mol. The lowest BCUT2D eigenvalue weighted by molar-refractivity contribution is -0.107. The van der Waals surface area contributed by atoms with Gasteiger partial charge >= 0.3 is 0 Å². The van der Waals surface area contributed by atoms with Crippen LogP contribution in [0.1, 0.15) is 5.56 Å². The molecule has 3 heteroatoms. The molecule has 1 rings (SSSR count). The zero-order chi connectivity index (χ0) is 9.68. The minimum absolute atomic E-state index is 0.490. The lowest BCUT2D eigenvalue weighted by Gasteiger charge is -2.11. The summed E-state index contributed by atoms with van der Waals surface area (Å²) in [5, 5.41) is 3.14. The van der Waals surface area contributed by atoms with E-state index in [-0.39, 0.29) is 0 Å². The van der Waals surface area contributed by atoms with Crippen LogP contribution < -0.4 is 10.8 Å². The number of carbonyl (C=O) groups excluding carboxylic acids is 1. The molecule has 1 N–H and O–H groups in total. The van der Waals surface area contributed by atoms with E-state index in [1.54, 1.807) is 0 Å². The Morgan fingerprint density at radius 3 is 2.85 bits per heavy atom. The topological polar surface area (TPSA) is 29.1 Å². The summed E-state index contributed by atoms with van der Waals surface area (Å²) < 4.78 is 0. The Kier molecular flexibility index (Phi) is 3.56. The Morgan fingerprint density at radius 1 is 1.54 bits per heavy atom. The van der Waals surface area contributed by atoms with Gasteiger partial charge in [0.1, 0.15) is 6.29 Å². The molecule has 0 heterocycles. The molecule has 1 aromatic carbocycles. The van der Waals surface area contributed by atoms with Crippen LogP contribution in [0.25, 0.3) is 0 Å². The van der Waals surface area contributed by atoms with Gasteiger partial charge in [-0.1, -0.05) is 30.5 Å². The predicted octanol–water partition coefficient (Wildman–Crippen LogP) is 0.580. The van der Waals surface area contributed by atoms with E-state index >= 15 is 0 Å². The SMILES string of the molecule is CBc1cccc(CC=O)c1NC. The molecule has 0 saturated heterocycles. The Hall–Kier alpha value is -1.25. The normalized spacial score (nSPS) is 9.38. The number of nitrogens with one attached hydrogen (secondary N) is 1. The summed E-state index contributed by atoms with van der Waals surface area (Å²) in [6, 6.07) is 6.07. The number of rotatable bonds is 4. The van der Waals surface area contributed by atoms with Crippen LogP contribution in [0.3, 0.4) is 0 Å². The van der Waals surface area contributed by atoms with Gasteiger partial charge in [0.05, 0.1) is 0 Å². The Bertz CT molecular complexity index is 299. The maximum Gasteiger partial charge on any atom is 0.157 e. The summed E-state index contributed by atoms with van der Waals surface area (Å²) in [6.07, 6.45) is 1.43. The van der Waals surface area contributed by atoms with Crippen LogP contribution in [0, 0.1) is 0 Å². The number of aldehydes is 1. The summed E-state index contributed by atoms with van der Waals surface area (Å²) in [6.45, 7) is 2.11. The van der Waals surface area contributed by atoms with E-state index in [4.69, 9.17) is 0 Å². The van der Waals surface area contributed by atoms with Crippen molar-refractivity contribution in [2.75, 3.05) is 12.4 Å². The number of carbonyl (C=O) groups is 1. The third-order valence-corrected chi connectivity index (χ3v) is 2.17. The van der Waals surface area contributed by atoms with Gasteiger partial charge in [-0.3, -0.25) is 0 Å². The molecule has 68 valence electrons. The van der Waals surface area contributed by atoms with Crippen molar-refractivity contribution in [1.82, 2.24) is 0 Å². The highest BCUT2D eigenvalue weighted by atomic mass is 16.1. The quantitative estimate of drug-likeness (QED) is 0.535. The highest BCUT2D eigenvalue weighted by Crippen LogP contribution is 2.11. The lowest BCUT2D eigenvalue weighted by Crippen LogP contribution is -2.17. The molecule has 2 nitrogen and oxygen atoms in total. The number of hydrogen-bond donors (Lipinski definition) is 1. The standard InChI is InChI=1S/C10H14BNO/c1-11-9-5-3-4-8(6-7-13)10(9)12-2/h3-5,7,11-12H,6H2,1-2H3. The highest BCUT2D eigenvalue weighted by Gasteiger charge is 2.04. The van der Waals surface area contributed by atoms with Gasteiger partial charge in [0.2, 0.25) is 0 Å². The summed E-state index contributed by atoms with van der Waals surface area (Å²) in [4.78, 5) is 10.4. The second-order valence-corrected chi connectivity index (χ2v) is 2.93. The molecule has 0 atom stereocenters. The molecule has 0 aliphatic rings. The van der Waals surface area contributed by atoms with Crippen molar-refractivity contribution >= 4 is 24.7 Å². The molecule has 0 radical (unpaired) electrons. The van der Waals surface area contributed by atoms with E-state index in [1.165, 1.54) is 5.46 Å². The minimum Gasteiger partial charge on any atom is -0.388 e. The fourth-order valence-electron chi connectivity index (χ4n) is 1.53. The number of para-hydroxylation sites is 1. The van der Waals surface area contributed by atoms with Crippen LogP contribution in [0.15, 0.2) is 18.2 Å².